The van der Waals surface area contributed by atoms with E-state index in [-0.39, 0.29) is 5.82 Å². The third-order valence-corrected chi connectivity index (χ3v) is 4.11. The van der Waals surface area contributed by atoms with Crippen molar-refractivity contribution in [2.75, 3.05) is 0 Å². The van der Waals surface area contributed by atoms with Crippen LogP contribution < -0.4 is 0 Å². The van der Waals surface area contributed by atoms with Crippen LogP contribution in [0, 0.1) is 15.4 Å². The van der Waals surface area contributed by atoms with Crippen molar-refractivity contribution in [3.05, 3.63) is 27.7 Å². The van der Waals surface area contributed by atoms with Gasteiger partial charge in [-0.3, -0.25) is 4.68 Å². The van der Waals surface area contributed by atoms with E-state index in [1.54, 1.807) is 6.07 Å². The Morgan fingerprint density at radius 1 is 1.50 bits per heavy atom. The van der Waals surface area contributed by atoms with Crippen LogP contribution in [0.3, 0.4) is 0 Å². The predicted octanol–water partition coefficient (Wildman–Crippen LogP) is 3.75. The van der Waals surface area contributed by atoms with Crippen molar-refractivity contribution in [2.24, 2.45) is 5.92 Å². The van der Waals surface area contributed by atoms with Gasteiger partial charge in [-0.2, -0.15) is 5.10 Å². The topological polar surface area (TPSA) is 17.8 Å². The van der Waals surface area contributed by atoms with Crippen LogP contribution in [0.25, 0.3) is 10.9 Å². The number of rotatable bonds is 2. The molecular weight excluding hydrogens is 318 g/mol. The summed E-state index contributed by atoms with van der Waals surface area (Å²) in [4.78, 5) is 0. The molecule has 2 aromatic rings. The molecule has 3 rings (SSSR count). The second-order valence-corrected chi connectivity index (χ2v) is 5.50. The molecule has 1 aliphatic rings. The summed E-state index contributed by atoms with van der Waals surface area (Å²) in [7, 11) is 0. The first-order chi connectivity index (χ1) is 7.66. The van der Waals surface area contributed by atoms with Crippen LogP contribution >= 0.6 is 22.6 Å². The van der Waals surface area contributed by atoms with Gasteiger partial charge in [-0.05, 0) is 66.5 Å². The van der Waals surface area contributed by atoms with Gasteiger partial charge in [0.15, 0.2) is 0 Å². The van der Waals surface area contributed by atoms with E-state index >= 15 is 0 Å². The van der Waals surface area contributed by atoms with Crippen molar-refractivity contribution in [1.82, 2.24) is 9.78 Å². The molecule has 1 fully saturated rings. The lowest BCUT2D eigenvalue weighted by Gasteiger charge is -2.11. The number of benzene rings is 1. The van der Waals surface area contributed by atoms with E-state index in [4.69, 9.17) is 0 Å². The molecule has 1 aromatic carbocycles. The number of aromatic nitrogens is 2. The van der Waals surface area contributed by atoms with E-state index in [1.807, 2.05) is 10.7 Å². The summed E-state index contributed by atoms with van der Waals surface area (Å²) in [5.41, 5.74) is 1.05. The third-order valence-electron chi connectivity index (χ3n) is 3.31. The van der Waals surface area contributed by atoms with Gasteiger partial charge >= 0.3 is 0 Å². The standard InChI is InChI=1S/C12H12FIN2/c1-7(8-2-3-8)16-11-5-4-9(13)6-10(11)12(14)15-16/h4-8H,2-3H2,1H3. The summed E-state index contributed by atoms with van der Waals surface area (Å²) < 4.78 is 16.1. The highest BCUT2D eigenvalue weighted by Gasteiger charge is 2.30. The summed E-state index contributed by atoms with van der Waals surface area (Å²) in [5.74, 6) is 0.563. The molecule has 0 radical (unpaired) electrons. The molecule has 1 heterocycles. The number of hydrogen-bond donors (Lipinski definition) is 0. The van der Waals surface area contributed by atoms with Crippen molar-refractivity contribution >= 4 is 33.5 Å². The molecule has 1 atom stereocenters. The minimum Gasteiger partial charge on any atom is -0.261 e. The maximum atomic E-state index is 13.2. The van der Waals surface area contributed by atoms with Crippen molar-refractivity contribution in [3.8, 4) is 0 Å². The van der Waals surface area contributed by atoms with Crippen LogP contribution in [-0.4, -0.2) is 9.78 Å². The molecule has 0 N–H and O–H groups in total. The van der Waals surface area contributed by atoms with Crippen LogP contribution in [0.5, 0.6) is 0 Å². The Hall–Kier alpha value is -0.650. The molecule has 1 saturated carbocycles. The quantitative estimate of drug-likeness (QED) is 0.767. The number of fused-ring (bicyclic) bond motifs is 1. The monoisotopic (exact) mass is 330 g/mol. The highest BCUT2D eigenvalue weighted by Crippen LogP contribution is 2.40. The van der Waals surface area contributed by atoms with E-state index in [0.29, 0.717) is 6.04 Å². The molecule has 1 aliphatic carbocycles. The van der Waals surface area contributed by atoms with Crippen LogP contribution in [-0.2, 0) is 0 Å². The Morgan fingerprint density at radius 3 is 2.94 bits per heavy atom. The Kier molecular flexibility index (Phi) is 2.42. The van der Waals surface area contributed by atoms with Crippen LogP contribution in [0.4, 0.5) is 4.39 Å². The summed E-state index contributed by atoms with van der Waals surface area (Å²) in [6, 6.07) is 5.34. The first kappa shape index (κ1) is 10.5. The molecule has 84 valence electrons. The fourth-order valence-electron chi connectivity index (χ4n) is 2.16. The second kappa shape index (κ2) is 3.68. The fourth-order valence-corrected chi connectivity index (χ4v) is 2.83. The Balaban J connectivity index is 2.17. The highest BCUT2D eigenvalue weighted by molar-refractivity contribution is 14.1. The molecule has 2 nitrogen and oxygen atoms in total. The van der Waals surface area contributed by atoms with E-state index in [9.17, 15) is 4.39 Å². The van der Waals surface area contributed by atoms with Gasteiger partial charge < -0.3 is 0 Å². The Morgan fingerprint density at radius 2 is 2.25 bits per heavy atom. The van der Waals surface area contributed by atoms with Gasteiger partial charge in [-0.15, -0.1) is 0 Å². The van der Waals surface area contributed by atoms with Gasteiger partial charge in [0, 0.05) is 5.39 Å². The minimum atomic E-state index is -0.191. The normalized spacial score (nSPS) is 17.9. The Bertz CT molecular complexity index is 545. The average Bonchev–Trinajstić information content (AvgIpc) is 3.05. The summed E-state index contributed by atoms with van der Waals surface area (Å²) in [6.45, 7) is 2.20. The van der Waals surface area contributed by atoms with Gasteiger partial charge in [0.1, 0.15) is 9.52 Å². The summed E-state index contributed by atoms with van der Waals surface area (Å²) >= 11 is 2.17. The van der Waals surface area contributed by atoms with Gasteiger partial charge in [-0.1, -0.05) is 0 Å². The molecule has 0 saturated heterocycles. The summed E-state index contributed by atoms with van der Waals surface area (Å²) in [6.07, 6.45) is 2.58. The average molecular weight is 330 g/mol. The molecule has 1 aromatic heterocycles. The fraction of sp³-hybridized carbons (Fsp3) is 0.417. The van der Waals surface area contributed by atoms with Crippen LogP contribution in [0.15, 0.2) is 18.2 Å². The van der Waals surface area contributed by atoms with Gasteiger partial charge in [-0.25, -0.2) is 4.39 Å². The largest absolute Gasteiger partial charge is 0.261 e. The zero-order valence-corrected chi connectivity index (χ0v) is 11.1. The number of halogens is 2. The van der Waals surface area contributed by atoms with E-state index in [2.05, 4.69) is 34.6 Å². The molecule has 0 spiro atoms. The lowest BCUT2D eigenvalue weighted by atomic mass is 10.2. The zero-order valence-electron chi connectivity index (χ0n) is 8.95. The van der Waals surface area contributed by atoms with Crippen molar-refractivity contribution in [3.63, 3.8) is 0 Å². The lowest BCUT2D eigenvalue weighted by Crippen LogP contribution is -2.08. The van der Waals surface area contributed by atoms with Gasteiger partial charge in [0.05, 0.1) is 11.6 Å². The third kappa shape index (κ3) is 1.63. The van der Waals surface area contributed by atoms with Crippen molar-refractivity contribution in [1.29, 1.82) is 0 Å². The molecule has 0 bridgehead atoms. The van der Waals surface area contributed by atoms with Gasteiger partial charge in [0.25, 0.3) is 0 Å². The molecule has 16 heavy (non-hydrogen) atoms. The molecule has 0 amide bonds. The van der Waals surface area contributed by atoms with E-state index in [0.717, 1.165) is 20.5 Å². The van der Waals surface area contributed by atoms with Gasteiger partial charge in [0.2, 0.25) is 0 Å². The van der Waals surface area contributed by atoms with E-state index < -0.39 is 0 Å². The predicted molar refractivity (Wildman–Crippen MR) is 69.8 cm³/mol. The first-order valence-electron chi connectivity index (χ1n) is 5.50. The maximum absolute atomic E-state index is 13.2. The lowest BCUT2D eigenvalue weighted by molar-refractivity contribution is 0.451. The van der Waals surface area contributed by atoms with Crippen molar-refractivity contribution < 1.29 is 4.39 Å². The molecule has 1 unspecified atom stereocenters. The molecule has 0 aliphatic heterocycles. The maximum Gasteiger partial charge on any atom is 0.131 e. The molecular formula is C12H12FIN2. The van der Waals surface area contributed by atoms with E-state index in [1.165, 1.54) is 18.9 Å². The SMILES string of the molecule is CC(C1CC1)n1nc(I)c2cc(F)ccc21. The van der Waals surface area contributed by atoms with Crippen molar-refractivity contribution in [2.45, 2.75) is 25.8 Å². The zero-order chi connectivity index (χ0) is 11.3. The molecule has 4 heteroatoms. The first-order valence-corrected chi connectivity index (χ1v) is 6.58. The smallest absolute Gasteiger partial charge is 0.131 e. The number of nitrogens with zero attached hydrogens (tertiary/aromatic N) is 2. The van der Waals surface area contributed by atoms with Crippen LogP contribution in [0.1, 0.15) is 25.8 Å². The second-order valence-electron chi connectivity index (χ2n) is 4.47. The van der Waals surface area contributed by atoms with Crippen LogP contribution in [0.2, 0.25) is 0 Å². The minimum absolute atomic E-state index is 0.191. The highest BCUT2D eigenvalue weighted by atomic mass is 127. The summed E-state index contributed by atoms with van der Waals surface area (Å²) in [5, 5.41) is 5.45. The number of hydrogen-bond acceptors (Lipinski definition) is 1. The Labute approximate surface area is 107 Å².